The molecule has 1 N–H and O–H groups in total. The number of rotatable bonds is 7. The van der Waals surface area contributed by atoms with Gasteiger partial charge in [-0.3, -0.25) is 4.79 Å². The number of amides is 1. The Bertz CT molecular complexity index is 897. The Labute approximate surface area is 161 Å². The van der Waals surface area contributed by atoms with E-state index in [4.69, 9.17) is 11.6 Å². The monoisotopic (exact) mass is 390 g/mol. The van der Waals surface area contributed by atoms with E-state index in [1.54, 1.807) is 6.07 Å². The smallest absolute Gasteiger partial charge is 0.262 e. The fourth-order valence-corrected chi connectivity index (χ4v) is 4.21. The van der Waals surface area contributed by atoms with Crippen LogP contribution >= 0.6 is 22.9 Å². The zero-order chi connectivity index (χ0) is 18.5. The number of hydrogen-bond donors (Lipinski definition) is 1. The summed E-state index contributed by atoms with van der Waals surface area (Å²) in [6, 6.07) is 14.6. The summed E-state index contributed by atoms with van der Waals surface area (Å²) in [7, 11) is 2.06. The van der Waals surface area contributed by atoms with Gasteiger partial charge in [-0.05, 0) is 43.2 Å². The molecule has 0 saturated carbocycles. The maximum absolute atomic E-state index is 13.3. The number of thiophene rings is 1. The van der Waals surface area contributed by atoms with Gasteiger partial charge >= 0.3 is 0 Å². The predicted octanol–water partition coefficient (Wildman–Crippen LogP) is 5.34. The van der Waals surface area contributed by atoms with Crippen LogP contribution in [-0.2, 0) is 0 Å². The van der Waals surface area contributed by atoms with Crippen LogP contribution in [0.1, 0.15) is 22.5 Å². The van der Waals surface area contributed by atoms with Gasteiger partial charge in [-0.1, -0.05) is 29.8 Å². The molecule has 0 aliphatic carbocycles. The topological polar surface area (TPSA) is 32.3 Å². The molecule has 6 heteroatoms. The Kier molecular flexibility index (Phi) is 6.12. The maximum atomic E-state index is 13.3. The third-order valence-corrected chi connectivity index (χ3v) is 5.86. The van der Waals surface area contributed by atoms with Gasteiger partial charge in [-0.2, -0.15) is 0 Å². The minimum atomic E-state index is -0.329. The van der Waals surface area contributed by atoms with Gasteiger partial charge in [0, 0.05) is 35.9 Å². The van der Waals surface area contributed by atoms with E-state index in [0.717, 1.165) is 19.4 Å². The van der Waals surface area contributed by atoms with Crippen LogP contribution in [0.3, 0.4) is 0 Å². The molecule has 0 spiro atoms. The van der Waals surface area contributed by atoms with Gasteiger partial charge in [0.05, 0.1) is 5.02 Å². The first-order valence-corrected chi connectivity index (χ1v) is 9.67. The number of nitrogens with one attached hydrogen (secondary N) is 1. The molecule has 3 rings (SSSR count). The van der Waals surface area contributed by atoms with E-state index in [1.807, 2.05) is 18.2 Å². The maximum Gasteiger partial charge on any atom is 0.262 e. The number of anilines is 1. The first-order valence-electron chi connectivity index (χ1n) is 8.48. The van der Waals surface area contributed by atoms with Gasteiger partial charge in [0.25, 0.3) is 5.91 Å². The van der Waals surface area contributed by atoms with Crippen molar-refractivity contribution >= 4 is 44.6 Å². The van der Waals surface area contributed by atoms with E-state index in [0.29, 0.717) is 26.5 Å². The third-order valence-electron chi connectivity index (χ3n) is 4.20. The van der Waals surface area contributed by atoms with Gasteiger partial charge in [0.1, 0.15) is 10.7 Å². The second-order valence-corrected chi connectivity index (χ2v) is 7.54. The summed E-state index contributed by atoms with van der Waals surface area (Å²) < 4.78 is 14.0. The Morgan fingerprint density at radius 2 is 1.96 bits per heavy atom. The zero-order valence-electron chi connectivity index (χ0n) is 14.5. The molecule has 3 nitrogen and oxygen atoms in total. The molecule has 0 radical (unpaired) electrons. The molecular formula is C20H20ClFN2OS. The highest BCUT2D eigenvalue weighted by Gasteiger charge is 2.17. The fraction of sp³-hybridized carbons (Fsp3) is 0.250. The second-order valence-electron chi connectivity index (χ2n) is 6.11. The summed E-state index contributed by atoms with van der Waals surface area (Å²) in [5, 5.41) is 4.01. The average molecular weight is 391 g/mol. The normalized spacial score (nSPS) is 10.9. The lowest BCUT2D eigenvalue weighted by Crippen LogP contribution is -2.25. The fourth-order valence-electron chi connectivity index (χ4n) is 2.75. The first kappa shape index (κ1) is 18.7. The number of carbonyl (C=O) groups excluding carboxylic acids is 1. The van der Waals surface area contributed by atoms with Crippen molar-refractivity contribution in [2.24, 2.45) is 0 Å². The number of nitrogens with zero attached hydrogens (tertiary/aromatic N) is 1. The zero-order valence-corrected chi connectivity index (χ0v) is 16.0. The van der Waals surface area contributed by atoms with E-state index in [2.05, 4.69) is 29.4 Å². The number of unbranched alkanes of at least 4 members (excludes halogenated alkanes) is 1. The largest absolute Gasteiger partial charge is 0.375 e. The van der Waals surface area contributed by atoms with Crippen LogP contribution in [0.2, 0.25) is 5.02 Å². The van der Waals surface area contributed by atoms with E-state index in [-0.39, 0.29) is 11.7 Å². The van der Waals surface area contributed by atoms with Crippen LogP contribution in [0.5, 0.6) is 0 Å². The van der Waals surface area contributed by atoms with Gasteiger partial charge in [-0.15, -0.1) is 11.3 Å². The van der Waals surface area contributed by atoms with Crippen molar-refractivity contribution in [3.63, 3.8) is 0 Å². The first-order chi connectivity index (χ1) is 12.6. The molecular weight excluding hydrogens is 371 g/mol. The van der Waals surface area contributed by atoms with Gasteiger partial charge in [-0.25, -0.2) is 4.39 Å². The Balaban J connectivity index is 1.48. The number of benzene rings is 2. The van der Waals surface area contributed by atoms with Gasteiger partial charge < -0.3 is 10.2 Å². The molecule has 1 amide bonds. The van der Waals surface area contributed by atoms with Crippen molar-refractivity contribution in [3.8, 4) is 0 Å². The minimum absolute atomic E-state index is 0.201. The molecule has 1 heterocycles. The molecule has 26 heavy (non-hydrogen) atoms. The molecule has 0 aliphatic heterocycles. The molecule has 0 bridgehead atoms. The van der Waals surface area contributed by atoms with Crippen LogP contribution in [-0.4, -0.2) is 26.0 Å². The number of carbonyl (C=O) groups is 1. The summed E-state index contributed by atoms with van der Waals surface area (Å²) in [4.78, 5) is 15.0. The minimum Gasteiger partial charge on any atom is -0.375 e. The summed E-state index contributed by atoms with van der Waals surface area (Å²) in [6.45, 7) is 1.50. The molecule has 0 unspecified atom stereocenters. The molecule has 3 aromatic rings. The Morgan fingerprint density at radius 3 is 2.73 bits per heavy atom. The van der Waals surface area contributed by atoms with Crippen molar-refractivity contribution in [3.05, 3.63) is 64.2 Å². The average Bonchev–Trinajstić information content (AvgIpc) is 2.97. The molecule has 2 aromatic carbocycles. The van der Waals surface area contributed by atoms with Gasteiger partial charge in [0.15, 0.2) is 0 Å². The lowest BCUT2D eigenvalue weighted by atomic mass is 10.2. The third kappa shape index (κ3) is 4.34. The lowest BCUT2D eigenvalue weighted by molar-refractivity contribution is 0.0957. The van der Waals surface area contributed by atoms with Crippen molar-refractivity contribution in [2.75, 3.05) is 25.0 Å². The summed E-state index contributed by atoms with van der Waals surface area (Å²) in [5.74, 6) is -0.530. The summed E-state index contributed by atoms with van der Waals surface area (Å²) >= 11 is 7.49. The van der Waals surface area contributed by atoms with Crippen LogP contribution in [0, 0.1) is 5.82 Å². The van der Waals surface area contributed by atoms with Crippen LogP contribution in [0.4, 0.5) is 10.1 Å². The molecule has 0 aliphatic rings. The summed E-state index contributed by atoms with van der Waals surface area (Å²) in [5.41, 5.74) is 1.18. The number of halogens is 2. The van der Waals surface area contributed by atoms with Crippen LogP contribution in [0.15, 0.2) is 48.5 Å². The second kappa shape index (κ2) is 8.52. The van der Waals surface area contributed by atoms with Crippen molar-refractivity contribution in [1.29, 1.82) is 0 Å². The van der Waals surface area contributed by atoms with Crippen molar-refractivity contribution in [2.45, 2.75) is 12.8 Å². The SMILES string of the molecule is CN(CCCCNC(=O)c1sc2cc(F)ccc2c1Cl)c1ccccc1. The standard InChI is InChI=1S/C20H20ClFN2OS/c1-24(15-7-3-2-4-8-15)12-6-5-11-23-20(25)19-18(21)16-10-9-14(22)13-17(16)26-19/h2-4,7-10,13H,5-6,11-12H2,1H3,(H,23,25). The molecule has 0 saturated heterocycles. The van der Waals surface area contributed by atoms with Crippen molar-refractivity contribution < 1.29 is 9.18 Å². The molecule has 0 atom stereocenters. The van der Waals surface area contributed by atoms with E-state index >= 15 is 0 Å². The van der Waals surface area contributed by atoms with Crippen LogP contribution in [0.25, 0.3) is 10.1 Å². The quantitative estimate of drug-likeness (QED) is 0.552. The predicted molar refractivity (Wildman–Crippen MR) is 108 cm³/mol. The highest BCUT2D eigenvalue weighted by molar-refractivity contribution is 7.21. The lowest BCUT2D eigenvalue weighted by Gasteiger charge is -2.19. The Morgan fingerprint density at radius 1 is 1.19 bits per heavy atom. The van der Waals surface area contributed by atoms with Crippen LogP contribution < -0.4 is 10.2 Å². The van der Waals surface area contributed by atoms with E-state index in [1.165, 1.54) is 29.2 Å². The van der Waals surface area contributed by atoms with E-state index < -0.39 is 0 Å². The van der Waals surface area contributed by atoms with E-state index in [9.17, 15) is 9.18 Å². The highest BCUT2D eigenvalue weighted by Crippen LogP contribution is 2.35. The van der Waals surface area contributed by atoms with Gasteiger partial charge in [0.2, 0.25) is 0 Å². The molecule has 1 aromatic heterocycles. The van der Waals surface area contributed by atoms with Crippen molar-refractivity contribution in [1.82, 2.24) is 5.32 Å². The Hall–Kier alpha value is -2.11. The highest BCUT2D eigenvalue weighted by atomic mass is 35.5. The number of hydrogen-bond acceptors (Lipinski definition) is 3. The molecule has 136 valence electrons. The number of fused-ring (bicyclic) bond motifs is 1. The number of para-hydroxylation sites is 1. The molecule has 0 fully saturated rings. The summed E-state index contributed by atoms with van der Waals surface area (Å²) in [6.07, 6.45) is 1.84.